The molecule has 0 N–H and O–H groups in total. The molecule has 1 fully saturated rings. The second-order valence-corrected chi connectivity index (χ2v) is 9.06. The first kappa shape index (κ1) is 24.5. The number of benzene rings is 3. The van der Waals surface area contributed by atoms with Crippen molar-refractivity contribution < 1.29 is 18.7 Å². The summed E-state index contributed by atoms with van der Waals surface area (Å²) in [5.74, 6) is -0.0892. The number of imide groups is 1. The van der Waals surface area contributed by atoms with E-state index in [2.05, 4.69) is 18.7 Å². The Balaban J connectivity index is 1.60. The van der Waals surface area contributed by atoms with Crippen LogP contribution in [0.2, 0.25) is 0 Å². The van der Waals surface area contributed by atoms with E-state index in [1.54, 1.807) is 18.2 Å². The SMILES string of the molecule is CCN(CC)c1ccc(/C=C2/SC(=O)N(Cc3ccc(F)cc3)C2=O)c(OCc2ccccc2)c1. The van der Waals surface area contributed by atoms with Gasteiger partial charge in [-0.15, -0.1) is 0 Å². The normalized spacial score (nSPS) is 14.6. The van der Waals surface area contributed by atoms with Crippen LogP contribution in [0.25, 0.3) is 6.08 Å². The molecule has 180 valence electrons. The quantitative estimate of drug-likeness (QED) is 0.321. The lowest BCUT2D eigenvalue weighted by atomic mass is 10.1. The van der Waals surface area contributed by atoms with E-state index in [0.717, 1.165) is 41.7 Å². The van der Waals surface area contributed by atoms with E-state index >= 15 is 0 Å². The molecule has 35 heavy (non-hydrogen) atoms. The molecule has 0 spiro atoms. The van der Waals surface area contributed by atoms with Crippen molar-refractivity contribution in [2.45, 2.75) is 27.0 Å². The maximum atomic E-state index is 13.2. The Morgan fingerprint density at radius 1 is 0.943 bits per heavy atom. The van der Waals surface area contributed by atoms with Gasteiger partial charge in [-0.05, 0) is 67.1 Å². The van der Waals surface area contributed by atoms with Crippen LogP contribution in [0.15, 0.2) is 77.7 Å². The summed E-state index contributed by atoms with van der Waals surface area (Å²) in [5.41, 5.74) is 3.47. The Labute approximate surface area is 209 Å². The van der Waals surface area contributed by atoms with Gasteiger partial charge in [-0.2, -0.15) is 0 Å². The van der Waals surface area contributed by atoms with Crippen molar-refractivity contribution >= 4 is 34.7 Å². The standard InChI is InChI=1S/C28H27FN2O3S/c1-3-30(4-2)24-15-12-22(25(17-24)34-19-21-8-6-5-7-9-21)16-26-27(32)31(28(33)35-26)18-20-10-13-23(29)14-11-20/h5-17H,3-4,18-19H2,1-2H3/b26-16+. The van der Waals surface area contributed by atoms with E-state index < -0.39 is 0 Å². The van der Waals surface area contributed by atoms with Crippen molar-refractivity contribution in [1.29, 1.82) is 0 Å². The fourth-order valence-corrected chi connectivity index (χ4v) is 4.67. The van der Waals surface area contributed by atoms with Gasteiger partial charge in [-0.3, -0.25) is 14.5 Å². The number of rotatable bonds is 9. The van der Waals surface area contributed by atoms with Gasteiger partial charge in [-0.1, -0.05) is 42.5 Å². The van der Waals surface area contributed by atoms with E-state index in [1.165, 1.54) is 17.0 Å². The number of carbonyl (C=O) groups is 2. The number of amides is 2. The Bertz CT molecular complexity index is 1220. The molecule has 5 nitrogen and oxygen atoms in total. The summed E-state index contributed by atoms with van der Waals surface area (Å²) in [5, 5.41) is -0.350. The first-order valence-electron chi connectivity index (χ1n) is 11.5. The summed E-state index contributed by atoms with van der Waals surface area (Å²) in [6.07, 6.45) is 1.71. The molecular formula is C28H27FN2O3S. The first-order chi connectivity index (χ1) is 17.0. The summed E-state index contributed by atoms with van der Waals surface area (Å²) in [6, 6.07) is 21.5. The lowest BCUT2D eigenvalue weighted by molar-refractivity contribution is -0.123. The molecule has 2 amide bonds. The van der Waals surface area contributed by atoms with Crippen molar-refractivity contribution in [3.63, 3.8) is 0 Å². The van der Waals surface area contributed by atoms with Gasteiger partial charge in [0.05, 0.1) is 11.4 Å². The second kappa shape index (κ2) is 11.2. The number of ether oxygens (including phenoxy) is 1. The van der Waals surface area contributed by atoms with Crippen LogP contribution in [0.1, 0.15) is 30.5 Å². The minimum atomic E-state index is -0.369. The molecule has 3 aromatic rings. The van der Waals surface area contributed by atoms with Gasteiger partial charge < -0.3 is 9.64 Å². The molecule has 0 aromatic heterocycles. The zero-order chi connectivity index (χ0) is 24.8. The average molecular weight is 491 g/mol. The van der Waals surface area contributed by atoms with E-state index in [0.29, 0.717) is 22.8 Å². The molecule has 0 unspecified atom stereocenters. The van der Waals surface area contributed by atoms with Crippen LogP contribution in [-0.2, 0) is 17.9 Å². The van der Waals surface area contributed by atoms with E-state index in [9.17, 15) is 14.0 Å². The molecule has 0 bridgehead atoms. The molecule has 1 heterocycles. The van der Waals surface area contributed by atoms with Crippen LogP contribution < -0.4 is 9.64 Å². The van der Waals surface area contributed by atoms with E-state index in [4.69, 9.17) is 4.74 Å². The smallest absolute Gasteiger partial charge is 0.293 e. The Hall–Kier alpha value is -3.58. The summed E-state index contributed by atoms with van der Waals surface area (Å²) in [4.78, 5) is 29.4. The Morgan fingerprint density at radius 3 is 2.34 bits per heavy atom. The van der Waals surface area contributed by atoms with E-state index in [1.807, 2.05) is 48.5 Å². The maximum absolute atomic E-state index is 13.2. The maximum Gasteiger partial charge on any atom is 0.293 e. The van der Waals surface area contributed by atoms with Crippen LogP contribution in [0, 0.1) is 5.82 Å². The van der Waals surface area contributed by atoms with Gasteiger partial charge in [0.15, 0.2) is 0 Å². The third-order valence-corrected chi connectivity index (χ3v) is 6.68. The molecular weight excluding hydrogens is 463 g/mol. The fraction of sp³-hybridized carbons (Fsp3) is 0.214. The number of carbonyl (C=O) groups excluding carboxylic acids is 2. The molecule has 1 saturated heterocycles. The topological polar surface area (TPSA) is 49.9 Å². The van der Waals surface area contributed by atoms with Crippen molar-refractivity contribution in [3.8, 4) is 5.75 Å². The molecule has 3 aromatic carbocycles. The second-order valence-electron chi connectivity index (χ2n) is 8.06. The number of thioether (sulfide) groups is 1. The summed E-state index contributed by atoms with van der Waals surface area (Å²) >= 11 is 0.900. The molecule has 0 aliphatic carbocycles. The van der Waals surface area contributed by atoms with Crippen molar-refractivity contribution in [3.05, 3.63) is 100 Å². The van der Waals surface area contributed by atoms with Crippen LogP contribution in [-0.4, -0.2) is 29.1 Å². The zero-order valence-electron chi connectivity index (χ0n) is 19.7. The Kier molecular flexibility index (Phi) is 7.87. The van der Waals surface area contributed by atoms with Crippen LogP contribution in [0.3, 0.4) is 0 Å². The minimum Gasteiger partial charge on any atom is -0.488 e. The minimum absolute atomic E-state index is 0.0978. The monoisotopic (exact) mass is 490 g/mol. The van der Waals surface area contributed by atoms with Gasteiger partial charge >= 0.3 is 0 Å². The molecule has 1 aliphatic rings. The molecule has 0 saturated carbocycles. The predicted octanol–water partition coefficient (Wildman–Crippen LogP) is 6.49. The average Bonchev–Trinajstić information content (AvgIpc) is 3.13. The van der Waals surface area contributed by atoms with Crippen molar-refractivity contribution in [2.24, 2.45) is 0 Å². The van der Waals surface area contributed by atoms with Crippen molar-refractivity contribution in [2.75, 3.05) is 18.0 Å². The number of anilines is 1. The van der Waals surface area contributed by atoms with Gasteiger partial charge in [0.25, 0.3) is 11.1 Å². The third kappa shape index (κ3) is 5.92. The van der Waals surface area contributed by atoms with Gasteiger partial charge in [-0.25, -0.2) is 4.39 Å². The first-order valence-corrected chi connectivity index (χ1v) is 12.4. The van der Waals surface area contributed by atoms with E-state index in [-0.39, 0.29) is 23.5 Å². The van der Waals surface area contributed by atoms with Gasteiger partial charge in [0.2, 0.25) is 0 Å². The number of hydrogen-bond acceptors (Lipinski definition) is 5. The molecule has 0 radical (unpaired) electrons. The highest BCUT2D eigenvalue weighted by Gasteiger charge is 2.35. The lowest BCUT2D eigenvalue weighted by Gasteiger charge is -2.22. The van der Waals surface area contributed by atoms with Crippen LogP contribution in [0.4, 0.5) is 14.9 Å². The summed E-state index contributed by atoms with van der Waals surface area (Å²) < 4.78 is 19.4. The highest BCUT2D eigenvalue weighted by Crippen LogP contribution is 2.36. The zero-order valence-corrected chi connectivity index (χ0v) is 20.6. The highest BCUT2D eigenvalue weighted by atomic mass is 32.2. The number of halogens is 1. The number of nitrogens with zero attached hydrogens (tertiary/aromatic N) is 2. The van der Waals surface area contributed by atoms with Crippen molar-refractivity contribution in [1.82, 2.24) is 4.90 Å². The highest BCUT2D eigenvalue weighted by molar-refractivity contribution is 8.18. The predicted molar refractivity (Wildman–Crippen MR) is 139 cm³/mol. The lowest BCUT2D eigenvalue weighted by Crippen LogP contribution is -2.27. The fourth-order valence-electron chi connectivity index (χ4n) is 3.84. The van der Waals surface area contributed by atoms with Gasteiger partial charge in [0, 0.05) is 30.4 Å². The number of hydrogen-bond donors (Lipinski definition) is 0. The summed E-state index contributed by atoms with van der Waals surface area (Å²) in [6.45, 7) is 6.39. The van der Waals surface area contributed by atoms with Gasteiger partial charge in [0.1, 0.15) is 18.2 Å². The van der Waals surface area contributed by atoms with Crippen LogP contribution >= 0.6 is 11.8 Å². The van der Waals surface area contributed by atoms with Crippen LogP contribution in [0.5, 0.6) is 5.75 Å². The molecule has 4 rings (SSSR count). The third-order valence-electron chi connectivity index (χ3n) is 5.78. The largest absolute Gasteiger partial charge is 0.488 e. The molecule has 1 aliphatic heterocycles. The molecule has 7 heteroatoms. The molecule has 0 atom stereocenters. The summed E-state index contributed by atoms with van der Waals surface area (Å²) in [7, 11) is 0. The Morgan fingerprint density at radius 2 is 1.66 bits per heavy atom.